The standard InChI is InChI=1S/C25H18F2N4O3/c26-25(27)34-22-8-4-3-7-21(22)29-23(32)15-33-18-11-9-16(10-12-18)13-17(14-28)24-30-19-5-1-2-6-20(19)31-24/h1-13,25H,15H2,(H,29,32)(H,30,31)/b17-13+. The Balaban J connectivity index is 1.38. The van der Waals surface area contributed by atoms with Crippen molar-refractivity contribution in [2.45, 2.75) is 6.61 Å². The summed E-state index contributed by atoms with van der Waals surface area (Å²) < 4.78 is 34.9. The van der Waals surface area contributed by atoms with Crippen LogP contribution in [-0.4, -0.2) is 29.1 Å². The molecule has 1 heterocycles. The summed E-state index contributed by atoms with van der Waals surface area (Å²) in [4.78, 5) is 19.7. The van der Waals surface area contributed by atoms with Crippen molar-refractivity contribution in [1.82, 2.24) is 9.97 Å². The van der Waals surface area contributed by atoms with Crippen LogP contribution in [0.15, 0.2) is 72.8 Å². The van der Waals surface area contributed by atoms with Crippen molar-refractivity contribution in [2.24, 2.45) is 0 Å². The lowest BCUT2D eigenvalue weighted by Gasteiger charge is -2.12. The summed E-state index contributed by atoms with van der Waals surface area (Å²) in [7, 11) is 0. The summed E-state index contributed by atoms with van der Waals surface area (Å²) in [6, 6.07) is 22.3. The van der Waals surface area contributed by atoms with Gasteiger partial charge in [-0.1, -0.05) is 36.4 Å². The number of allylic oxidation sites excluding steroid dienone is 1. The molecule has 0 aliphatic carbocycles. The van der Waals surface area contributed by atoms with Gasteiger partial charge in [0, 0.05) is 0 Å². The van der Waals surface area contributed by atoms with Crippen molar-refractivity contribution in [3.8, 4) is 17.6 Å². The predicted molar refractivity (Wildman–Crippen MR) is 123 cm³/mol. The molecule has 0 atom stereocenters. The zero-order valence-corrected chi connectivity index (χ0v) is 17.7. The number of carbonyl (C=O) groups is 1. The van der Waals surface area contributed by atoms with Gasteiger partial charge >= 0.3 is 6.61 Å². The maximum atomic E-state index is 12.5. The Morgan fingerprint density at radius 3 is 2.56 bits per heavy atom. The van der Waals surface area contributed by atoms with E-state index in [2.05, 4.69) is 26.1 Å². The summed E-state index contributed by atoms with van der Waals surface area (Å²) >= 11 is 0. The van der Waals surface area contributed by atoms with Crippen molar-refractivity contribution in [1.29, 1.82) is 5.26 Å². The molecule has 1 aromatic heterocycles. The fourth-order valence-corrected chi connectivity index (χ4v) is 3.16. The predicted octanol–water partition coefficient (Wildman–Crippen LogP) is 5.25. The number of H-pyrrole nitrogens is 1. The molecule has 170 valence electrons. The first kappa shape index (κ1) is 22.5. The van der Waals surface area contributed by atoms with Crippen molar-refractivity contribution >= 4 is 34.3 Å². The van der Waals surface area contributed by atoms with Gasteiger partial charge in [-0.3, -0.25) is 4.79 Å². The number of anilines is 1. The number of hydrogen-bond acceptors (Lipinski definition) is 5. The maximum Gasteiger partial charge on any atom is 0.387 e. The van der Waals surface area contributed by atoms with Crippen LogP contribution in [-0.2, 0) is 4.79 Å². The fourth-order valence-electron chi connectivity index (χ4n) is 3.16. The molecule has 4 rings (SSSR count). The number of aromatic nitrogens is 2. The third-order valence-corrected chi connectivity index (χ3v) is 4.70. The van der Waals surface area contributed by atoms with Crippen molar-refractivity contribution < 1.29 is 23.0 Å². The largest absolute Gasteiger partial charge is 0.484 e. The molecule has 0 radical (unpaired) electrons. The molecule has 2 N–H and O–H groups in total. The lowest BCUT2D eigenvalue weighted by Crippen LogP contribution is -2.20. The molecule has 0 saturated heterocycles. The number of imidazole rings is 1. The highest BCUT2D eigenvalue weighted by Crippen LogP contribution is 2.25. The van der Waals surface area contributed by atoms with E-state index in [1.807, 2.05) is 24.3 Å². The summed E-state index contributed by atoms with van der Waals surface area (Å²) in [5.74, 6) is 0.217. The van der Waals surface area contributed by atoms with E-state index in [9.17, 15) is 18.8 Å². The van der Waals surface area contributed by atoms with E-state index in [0.29, 0.717) is 17.1 Å². The van der Waals surface area contributed by atoms with Crippen LogP contribution in [0.5, 0.6) is 11.5 Å². The van der Waals surface area contributed by atoms with Crippen LogP contribution in [0.2, 0.25) is 0 Å². The minimum absolute atomic E-state index is 0.117. The van der Waals surface area contributed by atoms with E-state index in [4.69, 9.17) is 4.74 Å². The van der Waals surface area contributed by atoms with Gasteiger partial charge in [0.2, 0.25) is 0 Å². The second kappa shape index (κ2) is 10.3. The van der Waals surface area contributed by atoms with Gasteiger partial charge in [-0.2, -0.15) is 14.0 Å². The number of rotatable bonds is 8. The molecular weight excluding hydrogens is 442 g/mol. The number of para-hydroxylation sites is 4. The number of ether oxygens (including phenoxy) is 2. The minimum Gasteiger partial charge on any atom is -0.484 e. The SMILES string of the molecule is N#C/C(=C\c1ccc(OCC(=O)Nc2ccccc2OC(F)F)cc1)c1nc2ccccc2[nH]1. The molecule has 4 aromatic rings. The van der Waals surface area contributed by atoms with E-state index in [1.165, 1.54) is 18.2 Å². The number of nitrogens with zero attached hydrogens (tertiary/aromatic N) is 2. The molecular formula is C25H18F2N4O3. The van der Waals surface area contributed by atoms with Gasteiger partial charge in [-0.05, 0) is 48.0 Å². The van der Waals surface area contributed by atoms with E-state index in [1.54, 1.807) is 36.4 Å². The number of carbonyl (C=O) groups excluding carboxylic acids is 1. The molecule has 7 nitrogen and oxygen atoms in total. The molecule has 3 aromatic carbocycles. The van der Waals surface area contributed by atoms with E-state index < -0.39 is 12.5 Å². The molecule has 0 aliphatic rings. The molecule has 0 fully saturated rings. The summed E-state index contributed by atoms with van der Waals surface area (Å²) in [5.41, 5.74) is 2.83. The molecule has 34 heavy (non-hydrogen) atoms. The molecule has 0 aliphatic heterocycles. The molecule has 0 bridgehead atoms. The van der Waals surface area contributed by atoms with Crippen LogP contribution in [0.25, 0.3) is 22.7 Å². The van der Waals surface area contributed by atoms with E-state index >= 15 is 0 Å². The van der Waals surface area contributed by atoms with Crippen LogP contribution >= 0.6 is 0 Å². The third kappa shape index (κ3) is 5.55. The second-order valence-corrected chi connectivity index (χ2v) is 7.05. The van der Waals surface area contributed by atoms with Gasteiger partial charge in [-0.25, -0.2) is 4.98 Å². The van der Waals surface area contributed by atoms with Crippen molar-refractivity contribution in [3.63, 3.8) is 0 Å². The van der Waals surface area contributed by atoms with Crippen molar-refractivity contribution in [3.05, 3.63) is 84.2 Å². The molecule has 0 saturated carbocycles. The highest BCUT2D eigenvalue weighted by Gasteiger charge is 2.12. The Labute approximate surface area is 193 Å². The summed E-state index contributed by atoms with van der Waals surface area (Å²) in [6.45, 7) is -3.34. The number of aromatic amines is 1. The molecule has 0 unspecified atom stereocenters. The number of nitrogens with one attached hydrogen (secondary N) is 2. The van der Waals surface area contributed by atoms with Crippen LogP contribution in [0, 0.1) is 11.3 Å². The van der Waals surface area contributed by atoms with Crippen LogP contribution < -0.4 is 14.8 Å². The first-order valence-electron chi connectivity index (χ1n) is 10.2. The number of hydrogen-bond donors (Lipinski definition) is 2. The van der Waals surface area contributed by atoms with Crippen LogP contribution in [0.4, 0.5) is 14.5 Å². The smallest absolute Gasteiger partial charge is 0.387 e. The first-order chi connectivity index (χ1) is 16.5. The van der Waals surface area contributed by atoms with Gasteiger partial charge in [0.15, 0.2) is 6.61 Å². The monoisotopic (exact) mass is 460 g/mol. The van der Waals surface area contributed by atoms with E-state index in [0.717, 1.165) is 16.6 Å². The molecule has 1 amide bonds. The lowest BCUT2D eigenvalue weighted by atomic mass is 10.1. The Bertz CT molecular complexity index is 1340. The quantitative estimate of drug-likeness (QED) is 0.350. The van der Waals surface area contributed by atoms with Gasteiger partial charge in [0.25, 0.3) is 5.91 Å². The Kier molecular flexibility index (Phi) is 6.79. The van der Waals surface area contributed by atoms with Gasteiger partial charge in [-0.15, -0.1) is 0 Å². The van der Waals surface area contributed by atoms with Crippen molar-refractivity contribution in [2.75, 3.05) is 11.9 Å². The average molecular weight is 460 g/mol. The zero-order chi connectivity index (χ0) is 23.9. The highest BCUT2D eigenvalue weighted by molar-refractivity contribution is 5.93. The average Bonchev–Trinajstić information content (AvgIpc) is 3.27. The zero-order valence-electron chi connectivity index (χ0n) is 17.7. The second-order valence-electron chi connectivity index (χ2n) is 7.05. The van der Waals surface area contributed by atoms with Gasteiger partial charge in [0.05, 0.1) is 22.3 Å². The lowest BCUT2D eigenvalue weighted by molar-refractivity contribution is -0.118. The normalized spacial score (nSPS) is 11.3. The van der Waals surface area contributed by atoms with E-state index in [-0.39, 0.29) is 18.0 Å². The number of fused-ring (bicyclic) bond motifs is 1. The maximum absolute atomic E-state index is 12.5. The number of halogens is 2. The van der Waals surface area contributed by atoms with Crippen LogP contribution in [0.1, 0.15) is 11.4 Å². The first-order valence-corrected chi connectivity index (χ1v) is 10.2. The number of amides is 1. The minimum atomic E-state index is -3.00. The third-order valence-electron chi connectivity index (χ3n) is 4.70. The topological polar surface area (TPSA) is 100 Å². The number of alkyl halides is 2. The number of benzene rings is 3. The highest BCUT2D eigenvalue weighted by atomic mass is 19.3. The Morgan fingerprint density at radius 1 is 1.09 bits per heavy atom. The fraction of sp³-hybridized carbons (Fsp3) is 0.0800. The molecule has 0 spiro atoms. The summed E-state index contributed by atoms with van der Waals surface area (Å²) in [5, 5.41) is 12.0. The van der Waals surface area contributed by atoms with Gasteiger partial charge in [0.1, 0.15) is 23.4 Å². The molecule has 9 heteroatoms. The van der Waals surface area contributed by atoms with Gasteiger partial charge < -0.3 is 19.8 Å². The Hall–Kier alpha value is -4.71. The Morgan fingerprint density at radius 2 is 1.82 bits per heavy atom. The summed E-state index contributed by atoms with van der Waals surface area (Å²) in [6.07, 6.45) is 1.69. The number of nitriles is 1. The van der Waals surface area contributed by atoms with Crippen LogP contribution in [0.3, 0.4) is 0 Å².